The minimum atomic E-state index is -4.66. The molecule has 1 aliphatic carbocycles. The van der Waals surface area contributed by atoms with Crippen LogP contribution in [0.5, 0.6) is 0 Å². The number of imide groups is 1. The average Bonchev–Trinajstić information content (AvgIpc) is 2.84. The van der Waals surface area contributed by atoms with E-state index in [-0.39, 0.29) is 5.92 Å². The second-order valence-electron chi connectivity index (χ2n) is 5.30. The minimum absolute atomic E-state index is 0.257. The van der Waals surface area contributed by atoms with Crippen LogP contribution < -0.4 is 5.73 Å². The van der Waals surface area contributed by atoms with Gasteiger partial charge in [0, 0.05) is 6.54 Å². The molecule has 19 heavy (non-hydrogen) atoms. The van der Waals surface area contributed by atoms with Crippen LogP contribution in [0.25, 0.3) is 0 Å². The fraction of sp³-hybridized carbons (Fsp3) is 0.833. The highest BCUT2D eigenvalue weighted by atomic mass is 19.4. The summed E-state index contributed by atoms with van der Waals surface area (Å²) in [5, 5.41) is 0. The lowest BCUT2D eigenvalue weighted by atomic mass is 10.00. The first-order chi connectivity index (χ1) is 8.81. The molecule has 2 N–H and O–H groups in total. The number of nitrogens with zero attached hydrogens (tertiary/aromatic N) is 1. The van der Waals surface area contributed by atoms with Gasteiger partial charge in [0.15, 0.2) is 0 Å². The third-order valence-corrected chi connectivity index (χ3v) is 4.26. The molecule has 2 aliphatic rings. The molecule has 0 aromatic rings. The van der Waals surface area contributed by atoms with Crippen molar-refractivity contribution in [3.8, 4) is 0 Å². The van der Waals surface area contributed by atoms with Gasteiger partial charge in [-0.25, -0.2) is 0 Å². The van der Waals surface area contributed by atoms with Crippen LogP contribution in [0.2, 0.25) is 0 Å². The van der Waals surface area contributed by atoms with Gasteiger partial charge in [-0.15, -0.1) is 0 Å². The van der Waals surface area contributed by atoms with E-state index >= 15 is 0 Å². The molecule has 0 spiro atoms. The quantitative estimate of drug-likeness (QED) is 0.791. The molecule has 108 valence electrons. The molecule has 3 unspecified atom stereocenters. The summed E-state index contributed by atoms with van der Waals surface area (Å²) in [4.78, 5) is 24.5. The molecule has 1 saturated carbocycles. The second-order valence-corrected chi connectivity index (χ2v) is 5.30. The molecule has 0 bridgehead atoms. The van der Waals surface area contributed by atoms with Crippen LogP contribution in [-0.2, 0) is 9.59 Å². The number of fused-ring (bicyclic) bond motifs is 1. The normalized spacial score (nSPS) is 32.9. The average molecular weight is 278 g/mol. The van der Waals surface area contributed by atoms with Crippen molar-refractivity contribution >= 4 is 11.8 Å². The summed E-state index contributed by atoms with van der Waals surface area (Å²) in [6.45, 7) is 1.18. The highest BCUT2D eigenvalue weighted by Gasteiger charge is 2.58. The van der Waals surface area contributed by atoms with Gasteiger partial charge in [0.2, 0.25) is 11.8 Å². The van der Waals surface area contributed by atoms with E-state index in [1.165, 1.54) is 0 Å². The monoisotopic (exact) mass is 278 g/mol. The van der Waals surface area contributed by atoms with E-state index in [0.717, 1.165) is 6.42 Å². The van der Waals surface area contributed by atoms with Crippen molar-refractivity contribution in [3.63, 3.8) is 0 Å². The molecule has 2 fully saturated rings. The van der Waals surface area contributed by atoms with E-state index in [4.69, 9.17) is 5.73 Å². The van der Waals surface area contributed by atoms with Crippen LogP contribution in [0.1, 0.15) is 26.2 Å². The van der Waals surface area contributed by atoms with Gasteiger partial charge >= 0.3 is 6.18 Å². The first-order valence-corrected chi connectivity index (χ1v) is 6.44. The molecule has 0 aromatic carbocycles. The Kier molecular flexibility index (Phi) is 3.59. The van der Waals surface area contributed by atoms with E-state index in [9.17, 15) is 22.8 Å². The van der Waals surface area contributed by atoms with Gasteiger partial charge in [0.1, 0.15) is 6.04 Å². The van der Waals surface area contributed by atoms with Gasteiger partial charge in [0.25, 0.3) is 0 Å². The number of nitrogens with two attached hydrogens (primary N) is 1. The standard InChI is InChI=1S/C12H17F3N2O2/c1-2-6-3-7-8(4-6)11(19)17(10(7)18)9(5-16)12(13,14)15/h6-9H,2-5,16H2,1H3. The number of hydrogen-bond acceptors (Lipinski definition) is 3. The van der Waals surface area contributed by atoms with Gasteiger partial charge in [-0.2, -0.15) is 13.2 Å². The highest BCUT2D eigenvalue weighted by molar-refractivity contribution is 6.06. The Morgan fingerprint density at radius 3 is 2.05 bits per heavy atom. The lowest BCUT2D eigenvalue weighted by molar-refractivity contribution is -0.189. The molecule has 7 heteroatoms. The molecular formula is C12H17F3N2O2. The van der Waals surface area contributed by atoms with Crippen molar-refractivity contribution in [2.75, 3.05) is 6.54 Å². The second kappa shape index (κ2) is 4.77. The number of likely N-dealkylation sites (tertiary alicyclic amines) is 1. The van der Waals surface area contributed by atoms with E-state index in [0.29, 0.717) is 17.7 Å². The molecule has 3 atom stereocenters. The maximum absolute atomic E-state index is 12.8. The number of alkyl halides is 3. The van der Waals surface area contributed by atoms with Gasteiger partial charge in [0.05, 0.1) is 11.8 Å². The summed E-state index contributed by atoms with van der Waals surface area (Å²) in [6.07, 6.45) is -2.80. The first-order valence-electron chi connectivity index (χ1n) is 6.44. The molecule has 1 saturated heterocycles. The fourth-order valence-corrected chi connectivity index (χ4v) is 3.18. The largest absolute Gasteiger partial charge is 0.410 e. The smallest absolute Gasteiger partial charge is 0.328 e. The zero-order chi connectivity index (χ0) is 14.4. The van der Waals surface area contributed by atoms with Crippen molar-refractivity contribution in [3.05, 3.63) is 0 Å². The number of hydrogen-bond donors (Lipinski definition) is 1. The van der Waals surface area contributed by atoms with Crippen molar-refractivity contribution in [2.24, 2.45) is 23.5 Å². The van der Waals surface area contributed by atoms with Gasteiger partial charge in [-0.3, -0.25) is 14.5 Å². The highest BCUT2D eigenvalue weighted by Crippen LogP contribution is 2.45. The summed E-state index contributed by atoms with van der Waals surface area (Å²) < 4.78 is 38.4. The zero-order valence-corrected chi connectivity index (χ0v) is 10.6. The van der Waals surface area contributed by atoms with Crippen LogP contribution in [0.4, 0.5) is 13.2 Å². The van der Waals surface area contributed by atoms with Gasteiger partial charge in [-0.1, -0.05) is 13.3 Å². The van der Waals surface area contributed by atoms with Crippen molar-refractivity contribution in [1.82, 2.24) is 4.90 Å². The van der Waals surface area contributed by atoms with Gasteiger partial charge in [-0.05, 0) is 18.8 Å². The van der Waals surface area contributed by atoms with Crippen molar-refractivity contribution in [2.45, 2.75) is 38.4 Å². The van der Waals surface area contributed by atoms with E-state index in [1.54, 1.807) is 0 Å². The van der Waals surface area contributed by atoms with E-state index < -0.39 is 42.4 Å². The Bertz CT molecular complexity index is 373. The predicted molar refractivity (Wildman–Crippen MR) is 60.7 cm³/mol. The molecular weight excluding hydrogens is 261 g/mol. The molecule has 0 radical (unpaired) electrons. The SMILES string of the molecule is CCC1CC2C(=O)N(C(CN)C(F)(F)F)C(=O)C2C1. The van der Waals surface area contributed by atoms with Crippen molar-refractivity contribution in [1.29, 1.82) is 0 Å². The minimum Gasteiger partial charge on any atom is -0.328 e. The fourth-order valence-electron chi connectivity index (χ4n) is 3.18. The maximum atomic E-state index is 12.8. The van der Waals surface area contributed by atoms with E-state index in [1.807, 2.05) is 6.92 Å². The topological polar surface area (TPSA) is 63.4 Å². The first kappa shape index (κ1) is 14.3. The summed E-state index contributed by atoms with van der Waals surface area (Å²) in [5.41, 5.74) is 5.10. The predicted octanol–water partition coefficient (Wildman–Crippen LogP) is 1.30. The molecule has 2 rings (SSSR count). The maximum Gasteiger partial charge on any atom is 0.410 e. The Morgan fingerprint density at radius 1 is 1.26 bits per heavy atom. The third-order valence-electron chi connectivity index (χ3n) is 4.26. The van der Waals surface area contributed by atoms with Crippen LogP contribution >= 0.6 is 0 Å². The zero-order valence-electron chi connectivity index (χ0n) is 10.6. The lowest BCUT2D eigenvalue weighted by Gasteiger charge is -2.28. The number of carbonyl (C=O) groups is 2. The molecule has 1 aliphatic heterocycles. The van der Waals surface area contributed by atoms with E-state index in [2.05, 4.69) is 0 Å². The van der Waals surface area contributed by atoms with Crippen molar-refractivity contribution < 1.29 is 22.8 Å². The Hall–Kier alpha value is -1.11. The Morgan fingerprint density at radius 2 is 1.74 bits per heavy atom. The Balaban J connectivity index is 2.23. The molecule has 1 heterocycles. The van der Waals surface area contributed by atoms with Crippen LogP contribution in [0.15, 0.2) is 0 Å². The number of rotatable bonds is 3. The molecule has 4 nitrogen and oxygen atoms in total. The summed E-state index contributed by atoms with van der Waals surface area (Å²) >= 11 is 0. The van der Waals surface area contributed by atoms with Crippen LogP contribution in [0.3, 0.4) is 0 Å². The van der Waals surface area contributed by atoms with Crippen LogP contribution in [0, 0.1) is 17.8 Å². The van der Waals surface area contributed by atoms with Gasteiger partial charge < -0.3 is 5.73 Å². The van der Waals surface area contributed by atoms with Crippen LogP contribution in [-0.4, -0.2) is 35.5 Å². The summed E-state index contributed by atoms with van der Waals surface area (Å²) in [7, 11) is 0. The Labute approximate surface area is 109 Å². The number of amides is 2. The third kappa shape index (κ3) is 2.24. The number of carbonyl (C=O) groups excluding carboxylic acids is 2. The molecule has 2 amide bonds. The molecule has 0 aromatic heterocycles. The number of halogens is 3. The summed E-state index contributed by atoms with van der Waals surface area (Å²) in [6, 6.07) is -2.18. The summed E-state index contributed by atoms with van der Waals surface area (Å²) in [5.74, 6) is -2.28. The lowest BCUT2D eigenvalue weighted by Crippen LogP contribution is -2.53.